The highest BCUT2D eigenvalue weighted by molar-refractivity contribution is 5.93. The summed E-state index contributed by atoms with van der Waals surface area (Å²) in [6.45, 7) is 0.474. The van der Waals surface area contributed by atoms with Crippen LogP contribution in [-0.2, 0) is 14.4 Å². The van der Waals surface area contributed by atoms with Gasteiger partial charge in [-0.2, -0.15) is 0 Å². The van der Waals surface area contributed by atoms with E-state index in [4.69, 9.17) is 5.11 Å². The van der Waals surface area contributed by atoms with Crippen molar-refractivity contribution in [3.63, 3.8) is 0 Å². The molecule has 2 fully saturated rings. The summed E-state index contributed by atoms with van der Waals surface area (Å²) in [5.41, 5.74) is 0. The molecule has 0 aliphatic carbocycles. The lowest BCUT2D eigenvalue weighted by molar-refractivity contribution is -0.149. The van der Waals surface area contributed by atoms with Crippen LogP contribution in [0.1, 0.15) is 25.7 Å². The number of aliphatic carboxylic acids is 1. The minimum Gasteiger partial charge on any atom is -0.480 e. The molecule has 2 aliphatic heterocycles. The smallest absolute Gasteiger partial charge is 0.326 e. The number of hydrogen-bond donors (Lipinski definition) is 2. The Morgan fingerprint density at radius 3 is 2.69 bits per heavy atom. The summed E-state index contributed by atoms with van der Waals surface area (Å²) in [5.74, 6) is -1.35. The van der Waals surface area contributed by atoms with Crippen LogP contribution < -0.4 is 5.32 Å². The van der Waals surface area contributed by atoms with Gasteiger partial charge in [0, 0.05) is 13.0 Å². The number of nitrogens with one attached hydrogen (secondary N) is 1. The Balaban J connectivity index is 2.03. The highest BCUT2D eigenvalue weighted by Crippen LogP contribution is 2.20. The second-order valence-corrected chi connectivity index (χ2v) is 4.19. The van der Waals surface area contributed by atoms with Gasteiger partial charge in [0.1, 0.15) is 12.1 Å². The maximum Gasteiger partial charge on any atom is 0.326 e. The number of hydrogen-bond acceptors (Lipinski definition) is 3. The van der Waals surface area contributed by atoms with Crippen LogP contribution in [-0.4, -0.2) is 46.4 Å². The second kappa shape index (κ2) is 4.11. The summed E-state index contributed by atoms with van der Waals surface area (Å²) in [6, 6.07) is -1.24. The molecular weight excluding hydrogens is 212 g/mol. The molecular formula is C10H14N2O4. The molecule has 6 heteroatoms. The van der Waals surface area contributed by atoms with Crippen LogP contribution >= 0.6 is 0 Å². The third-order valence-corrected chi connectivity index (χ3v) is 3.11. The molecule has 0 spiro atoms. The first kappa shape index (κ1) is 10.9. The minimum absolute atomic E-state index is 0.135. The van der Waals surface area contributed by atoms with E-state index in [1.807, 2.05) is 0 Å². The van der Waals surface area contributed by atoms with Crippen molar-refractivity contribution in [1.29, 1.82) is 0 Å². The van der Waals surface area contributed by atoms with E-state index in [1.54, 1.807) is 0 Å². The van der Waals surface area contributed by atoms with Gasteiger partial charge in [-0.25, -0.2) is 4.79 Å². The summed E-state index contributed by atoms with van der Waals surface area (Å²) in [4.78, 5) is 35.2. The van der Waals surface area contributed by atoms with E-state index in [1.165, 1.54) is 4.90 Å². The Morgan fingerprint density at radius 2 is 2.12 bits per heavy atom. The van der Waals surface area contributed by atoms with Gasteiger partial charge in [-0.05, 0) is 19.3 Å². The van der Waals surface area contributed by atoms with Crippen LogP contribution in [0.3, 0.4) is 0 Å². The predicted octanol–water partition coefficient (Wildman–Crippen LogP) is -0.659. The van der Waals surface area contributed by atoms with Gasteiger partial charge in [0.15, 0.2) is 0 Å². The molecule has 0 unspecified atom stereocenters. The number of carboxylic acids is 1. The van der Waals surface area contributed by atoms with Crippen LogP contribution in [0.4, 0.5) is 0 Å². The molecule has 16 heavy (non-hydrogen) atoms. The van der Waals surface area contributed by atoms with E-state index >= 15 is 0 Å². The molecule has 6 nitrogen and oxygen atoms in total. The van der Waals surface area contributed by atoms with Gasteiger partial charge in [-0.1, -0.05) is 0 Å². The maximum absolute atomic E-state index is 12.0. The van der Waals surface area contributed by atoms with E-state index in [9.17, 15) is 14.4 Å². The Kier molecular flexibility index (Phi) is 2.80. The summed E-state index contributed by atoms with van der Waals surface area (Å²) in [6.07, 6.45) is 2.04. The van der Waals surface area contributed by atoms with Crippen molar-refractivity contribution in [2.24, 2.45) is 0 Å². The Morgan fingerprint density at radius 1 is 1.38 bits per heavy atom. The molecule has 88 valence electrons. The molecule has 2 heterocycles. The molecule has 0 aromatic carbocycles. The zero-order valence-electron chi connectivity index (χ0n) is 8.81. The first-order valence-electron chi connectivity index (χ1n) is 5.42. The van der Waals surface area contributed by atoms with Gasteiger partial charge >= 0.3 is 5.97 Å². The van der Waals surface area contributed by atoms with E-state index in [2.05, 4.69) is 5.32 Å². The largest absolute Gasteiger partial charge is 0.480 e. The van der Waals surface area contributed by atoms with Crippen molar-refractivity contribution in [3.05, 3.63) is 0 Å². The third-order valence-electron chi connectivity index (χ3n) is 3.11. The quantitative estimate of drug-likeness (QED) is 0.654. The molecule has 2 atom stereocenters. The number of carboxylic acid groups (broad SMARTS) is 1. The van der Waals surface area contributed by atoms with Crippen molar-refractivity contribution in [1.82, 2.24) is 10.2 Å². The zero-order valence-corrected chi connectivity index (χ0v) is 8.81. The number of likely N-dealkylation sites (tertiary alicyclic amines) is 1. The SMILES string of the molecule is O=C1CC[C@H](C(=O)N2CCC[C@@H]2C(=O)O)N1. The molecule has 2 saturated heterocycles. The number of carbonyl (C=O) groups excluding carboxylic acids is 2. The molecule has 0 aromatic heterocycles. The van der Waals surface area contributed by atoms with Crippen molar-refractivity contribution < 1.29 is 19.5 Å². The first-order chi connectivity index (χ1) is 7.59. The van der Waals surface area contributed by atoms with E-state index in [0.717, 1.165) is 0 Å². The fourth-order valence-corrected chi connectivity index (χ4v) is 2.29. The van der Waals surface area contributed by atoms with Gasteiger partial charge in [0.25, 0.3) is 0 Å². The van der Waals surface area contributed by atoms with Crippen molar-refractivity contribution >= 4 is 17.8 Å². The summed E-state index contributed by atoms with van der Waals surface area (Å²) in [5, 5.41) is 11.5. The van der Waals surface area contributed by atoms with Gasteiger partial charge in [0.05, 0.1) is 0 Å². The van der Waals surface area contributed by atoms with Gasteiger partial charge in [0.2, 0.25) is 11.8 Å². The standard InChI is InChI=1S/C10H14N2O4/c13-8-4-3-6(11-8)9(14)12-5-1-2-7(12)10(15)16/h6-7H,1-5H2,(H,11,13)(H,15,16)/t6-,7-/m1/s1. The highest BCUT2D eigenvalue weighted by atomic mass is 16.4. The summed E-state index contributed by atoms with van der Waals surface area (Å²) >= 11 is 0. The normalized spacial score (nSPS) is 29.2. The maximum atomic E-state index is 12.0. The lowest BCUT2D eigenvalue weighted by Crippen LogP contribution is -2.48. The molecule has 2 amide bonds. The predicted molar refractivity (Wildman–Crippen MR) is 53.5 cm³/mol. The van der Waals surface area contributed by atoms with E-state index in [0.29, 0.717) is 32.2 Å². The molecule has 0 aromatic rings. The number of carbonyl (C=O) groups is 3. The Bertz CT molecular complexity index is 342. The summed E-state index contributed by atoms with van der Waals surface area (Å²) in [7, 11) is 0. The summed E-state index contributed by atoms with van der Waals surface area (Å²) < 4.78 is 0. The molecule has 2 aliphatic rings. The van der Waals surface area contributed by atoms with Gasteiger partial charge < -0.3 is 15.3 Å². The average molecular weight is 226 g/mol. The van der Waals surface area contributed by atoms with Crippen molar-refractivity contribution in [3.8, 4) is 0 Å². The van der Waals surface area contributed by atoms with Crippen molar-refractivity contribution in [2.45, 2.75) is 37.8 Å². The Hall–Kier alpha value is -1.59. The lowest BCUT2D eigenvalue weighted by Gasteiger charge is -2.24. The van der Waals surface area contributed by atoms with Crippen molar-refractivity contribution in [2.75, 3.05) is 6.54 Å². The minimum atomic E-state index is -0.963. The first-order valence-corrected chi connectivity index (χ1v) is 5.42. The topological polar surface area (TPSA) is 86.7 Å². The van der Waals surface area contributed by atoms with Crippen LogP contribution in [0.5, 0.6) is 0 Å². The monoisotopic (exact) mass is 226 g/mol. The fourth-order valence-electron chi connectivity index (χ4n) is 2.29. The number of nitrogens with zero attached hydrogens (tertiary/aromatic N) is 1. The lowest BCUT2D eigenvalue weighted by atomic mass is 10.1. The molecule has 2 rings (SSSR count). The molecule has 0 radical (unpaired) electrons. The fraction of sp³-hybridized carbons (Fsp3) is 0.700. The van der Waals surface area contributed by atoms with Crippen LogP contribution in [0.15, 0.2) is 0 Å². The highest BCUT2D eigenvalue weighted by Gasteiger charge is 2.39. The Labute approximate surface area is 92.6 Å². The van der Waals surface area contributed by atoms with Crippen LogP contribution in [0.25, 0.3) is 0 Å². The third kappa shape index (κ3) is 1.87. The average Bonchev–Trinajstić information content (AvgIpc) is 2.84. The van der Waals surface area contributed by atoms with Crippen LogP contribution in [0, 0.1) is 0 Å². The van der Waals surface area contributed by atoms with Crippen LogP contribution in [0.2, 0.25) is 0 Å². The molecule has 2 N–H and O–H groups in total. The zero-order chi connectivity index (χ0) is 11.7. The molecule has 0 saturated carbocycles. The molecule has 0 bridgehead atoms. The number of amides is 2. The van der Waals surface area contributed by atoms with Gasteiger partial charge in [-0.15, -0.1) is 0 Å². The van der Waals surface area contributed by atoms with Gasteiger partial charge in [-0.3, -0.25) is 9.59 Å². The number of rotatable bonds is 2. The van der Waals surface area contributed by atoms with E-state index in [-0.39, 0.29) is 11.8 Å². The van der Waals surface area contributed by atoms with E-state index < -0.39 is 18.1 Å². The second-order valence-electron chi connectivity index (χ2n) is 4.19.